The lowest BCUT2D eigenvalue weighted by Gasteiger charge is -2.07. The first kappa shape index (κ1) is 11.3. The predicted molar refractivity (Wildman–Crippen MR) is 53.9 cm³/mol. The molecular weight excluding hydrogens is 220 g/mol. The van der Waals surface area contributed by atoms with Gasteiger partial charge in [0.1, 0.15) is 0 Å². The van der Waals surface area contributed by atoms with Gasteiger partial charge in [0.05, 0.1) is 4.90 Å². The summed E-state index contributed by atoms with van der Waals surface area (Å²) < 4.78 is 24.3. The molecule has 0 atom stereocenters. The molecule has 0 fully saturated rings. The van der Waals surface area contributed by atoms with Gasteiger partial charge in [0.2, 0.25) is 0 Å². The van der Waals surface area contributed by atoms with Gasteiger partial charge >= 0.3 is 6.09 Å². The Morgan fingerprint density at radius 3 is 2.53 bits per heavy atom. The number of anilines is 1. The Kier molecular flexibility index (Phi) is 2.85. The van der Waals surface area contributed by atoms with Crippen molar-refractivity contribution in [3.8, 4) is 0 Å². The third-order valence-corrected chi connectivity index (χ3v) is 3.19. The molecule has 0 unspecified atom stereocenters. The SMILES string of the molecule is Cc1cc(N)ccc1S(=O)(=O)NC(=O)O. The predicted octanol–water partition coefficient (Wildman–Crippen LogP) is 0.534. The van der Waals surface area contributed by atoms with Crippen molar-refractivity contribution in [3.05, 3.63) is 23.8 Å². The Balaban J connectivity index is 3.22. The lowest BCUT2D eigenvalue weighted by atomic mass is 10.2. The number of hydrogen-bond acceptors (Lipinski definition) is 4. The van der Waals surface area contributed by atoms with Crippen LogP contribution in [0.4, 0.5) is 10.5 Å². The maximum Gasteiger partial charge on any atom is 0.418 e. The van der Waals surface area contributed by atoms with Gasteiger partial charge in [-0.3, -0.25) is 0 Å². The standard InChI is InChI=1S/C8H10N2O4S/c1-5-4-6(9)2-3-7(5)15(13,14)10-8(11)12/h2-4,10H,9H2,1H3,(H,11,12). The van der Waals surface area contributed by atoms with E-state index in [0.29, 0.717) is 11.3 Å². The molecule has 0 radical (unpaired) electrons. The van der Waals surface area contributed by atoms with Crippen LogP contribution in [0.2, 0.25) is 0 Å². The van der Waals surface area contributed by atoms with Gasteiger partial charge in [-0.1, -0.05) is 0 Å². The fraction of sp³-hybridized carbons (Fsp3) is 0.125. The number of nitrogen functional groups attached to an aromatic ring is 1. The third-order valence-electron chi connectivity index (χ3n) is 1.71. The molecule has 0 heterocycles. The minimum Gasteiger partial charge on any atom is -0.464 e. The molecule has 1 aromatic carbocycles. The van der Waals surface area contributed by atoms with Gasteiger partial charge in [0.25, 0.3) is 10.0 Å². The van der Waals surface area contributed by atoms with Crippen LogP contribution in [0.1, 0.15) is 5.56 Å². The molecule has 6 nitrogen and oxygen atoms in total. The van der Waals surface area contributed by atoms with Crippen molar-refractivity contribution < 1.29 is 18.3 Å². The van der Waals surface area contributed by atoms with E-state index in [-0.39, 0.29) is 4.90 Å². The molecule has 0 aliphatic heterocycles. The van der Waals surface area contributed by atoms with E-state index in [1.807, 2.05) is 0 Å². The lowest BCUT2D eigenvalue weighted by Crippen LogP contribution is -2.29. The highest BCUT2D eigenvalue weighted by Gasteiger charge is 2.18. The van der Waals surface area contributed by atoms with Gasteiger partial charge in [0.15, 0.2) is 0 Å². The number of aryl methyl sites for hydroxylation is 1. The van der Waals surface area contributed by atoms with E-state index in [1.165, 1.54) is 29.8 Å². The van der Waals surface area contributed by atoms with Gasteiger partial charge < -0.3 is 10.8 Å². The number of sulfonamides is 1. The smallest absolute Gasteiger partial charge is 0.418 e. The van der Waals surface area contributed by atoms with Gasteiger partial charge in [-0.15, -0.1) is 0 Å². The minimum absolute atomic E-state index is 0.0981. The molecule has 0 aliphatic rings. The van der Waals surface area contributed by atoms with E-state index in [0.717, 1.165) is 0 Å². The molecule has 1 amide bonds. The largest absolute Gasteiger partial charge is 0.464 e. The molecule has 4 N–H and O–H groups in total. The van der Waals surface area contributed by atoms with Crippen LogP contribution >= 0.6 is 0 Å². The summed E-state index contributed by atoms with van der Waals surface area (Å²) in [6, 6.07) is 4.11. The van der Waals surface area contributed by atoms with Crippen molar-refractivity contribution in [1.29, 1.82) is 0 Å². The maximum atomic E-state index is 11.4. The van der Waals surface area contributed by atoms with Crippen LogP contribution in [0.25, 0.3) is 0 Å². The summed E-state index contributed by atoms with van der Waals surface area (Å²) in [5.74, 6) is 0. The molecule has 82 valence electrons. The molecule has 0 spiro atoms. The second kappa shape index (κ2) is 3.77. The van der Waals surface area contributed by atoms with Crippen molar-refractivity contribution in [2.24, 2.45) is 0 Å². The first-order valence-electron chi connectivity index (χ1n) is 3.95. The summed E-state index contributed by atoms with van der Waals surface area (Å²) in [6.45, 7) is 1.53. The Labute approximate surface area is 86.8 Å². The molecule has 0 bridgehead atoms. The molecule has 1 aromatic rings. The van der Waals surface area contributed by atoms with Crippen molar-refractivity contribution in [1.82, 2.24) is 4.72 Å². The normalized spacial score (nSPS) is 11.0. The highest BCUT2D eigenvalue weighted by Crippen LogP contribution is 2.17. The second-order valence-corrected chi connectivity index (χ2v) is 4.59. The zero-order chi connectivity index (χ0) is 11.6. The number of rotatable bonds is 2. The van der Waals surface area contributed by atoms with E-state index in [1.54, 1.807) is 0 Å². The number of carboxylic acid groups (broad SMARTS) is 1. The van der Waals surface area contributed by atoms with Crippen molar-refractivity contribution in [2.75, 3.05) is 5.73 Å². The van der Waals surface area contributed by atoms with E-state index in [4.69, 9.17) is 10.8 Å². The molecule has 15 heavy (non-hydrogen) atoms. The van der Waals surface area contributed by atoms with Crippen LogP contribution in [0.5, 0.6) is 0 Å². The average molecular weight is 230 g/mol. The zero-order valence-electron chi connectivity index (χ0n) is 7.89. The van der Waals surface area contributed by atoms with Gasteiger partial charge in [-0.25, -0.2) is 17.9 Å². The highest BCUT2D eigenvalue weighted by atomic mass is 32.2. The third kappa shape index (κ3) is 2.59. The van der Waals surface area contributed by atoms with Crippen molar-refractivity contribution >= 4 is 21.8 Å². The Hall–Kier alpha value is -1.76. The number of carbonyl (C=O) groups is 1. The van der Waals surface area contributed by atoms with Crippen molar-refractivity contribution in [3.63, 3.8) is 0 Å². The van der Waals surface area contributed by atoms with E-state index in [9.17, 15) is 13.2 Å². The average Bonchev–Trinajstić information content (AvgIpc) is 1.99. The monoisotopic (exact) mass is 230 g/mol. The Bertz CT molecular complexity index is 495. The molecule has 1 rings (SSSR count). The quantitative estimate of drug-likeness (QED) is 0.642. The molecule has 0 aromatic heterocycles. The fourth-order valence-electron chi connectivity index (χ4n) is 1.14. The summed E-state index contributed by atoms with van der Waals surface area (Å²) in [5.41, 5.74) is 6.25. The molecule has 0 saturated heterocycles. The topological polar surface area (TPSA) is 109 Å². The zero-order valence-corrected chi connectivity index (χ0v) is 8.71. The number of nitrogens with two attached hydrogens (primary N) is 1. The second-order valence-electron chi connectivity index (χ2n) is 2.94. The van der Waals surface area contributed by atoms with Crippen molar-refractivity contribution in [2.45, 2.75) is 11.8 Å². The molecule has 0 saturated carbocycles. The van der Waals surface area contributed by atoms with Crippen LogP contribution in [0.3, 0.4) is 0 Å². The summed E-state index contributed by atoms with van der Waals surface area (Å²) >= 11 is 0. The number of benzene rings is 1. The van der Waals surface area contributed by atoms with Crippen LogP contribution in [-0.2, 0) is 10.0 Å². The number of amides is 1. The lowest BCUT2D eigenvalue weighted by molar-refractivity contribution is 0.201. The number of hydrogen-bond donors (Lipinski definition) is 3. The first-order valence-corrected chi connectivity index (χ1v) is 5.43. The first-order chi connectivity index (χ1) is 6.83. The number of nitrogens with one attached hydrogen (secondary N) is 1. The summed E-state index contributed by atoms with van der Waals surface area (Å²) in [6.07, 6.45) is -1.62. The molecule has 7 heteroatoms. The van der Waals surface area contributed by atoms with Gasteiger partial charge in [0, 0.05) is 5.69 Å². The maximum absolute atomic E-state index is 11.4. The Morgan fingerprint density at radius 2 is 2.07 bits per heavy atom. The van der Waals surface area contributed by atoms with Crippen LogP contribution in [0.15, 0.2) is 23.1 Å². The molecular formula is C8H10N2O4S. The summed E-state index contributed by atoms with van der Waals surface area (Å²) in [5, 5.41) is 8.34. The summed E-state index contributed by atoms with van der Waals surface area (Å²) in [7, 11) is -4.01. The fourth-order valence-corrected chi connectivity index (χ4v) is 2.21. The van der Waals surface area contributed by atoms with E-state index >= 15 is 0 Å². The Morgan fingerprint density at radius 1 is 1.47 bits per heavy atom. The van der Waals surface area contributed by atoms with Gasteiger partial charge in [-0.2, -0.15) is 0 Å². The van der Waals surface area contributed by atoms with Crippen LogP contribution in [-0.4, -0.2) is 19.6 Å². The van der Waals surface area contributed by atoms with Gasteiger partial charge in [-0.05, 0) is 30.7 Å². The van der Waals surface area contributed by atoms with E-state index in [2.05, 4.69) is 0 Å². The van der Waals surface area contributed by atoms with E-state index < -0.39 is 16.1 Å². The van der Waals surface area contributed by atoms with Crippen LogP contribution in [0, 0.1) is 6.92 Å². The van der Waals surface area contributed by atoms with Crippen LogP contribution < -0.4 is 10.5 Å². The highest BCUT2D eigenvalue weighted by molar-refractivity contribution is 7.90. The minimum atomic E-state index is -4.01. The summed E-state index contributed by atoms with van der Waals surface area (Å²) in [4.78, 5) is 10.2. The molecule has 0 aliphatic carbocycles.